The van der Waals surface area contributed by atoms with Crippen molar-refractivity contribution in [1.82, 2.24) is 4.57 Å². The molecule has 1 aliphatic heterocycles. The molecule has 0 fully saturated rings. The molecule has 5 nitrogen and oxygen atoms in total. The Balaban J connectivity index is 1.86. The van der Waals surface area contributed by atoms with E-state index in [0.29, 0.717) is 24.9 Å². The van der Waals surface area contributed by atoms with Gasteiger partial charge in [0.1, 0.15) is 0 Å². The quantitative estimate of drug-likeness (QED) is 0.400. The topological polar surface area (TPSA) is 74.9 Å². The van der Waals surface area contributed by atoms with Gasteiger partial charge in [-0.2, -0.15) is 14.5 Å². The Morgan fingerprint density at radius 1 is 1.33 bits per heavy atom. The molecule has 10 heteroatoms. The van der Waals surface area contributed by atoms with Crippen LogP contribution in [0.5, 0.6) is 0 Å². The van der Waals surface area contributed by atoms with Crippen molar-refractivity contribution in [3.8, 4) is 17.9 Å². The summed E-state index contributed by atoms with van der Waals surface area (Å²) in [6.45, 7) is -0.989. The summed E-state index contributed by atoms with van der Waals surface area (Å²) < 4.78 is 40.3. The fraction of sp³-hybridized carbons (Fsp3) is 0.261. The molecule has 1 aromatic heterocycles. The van der Waals surface area contributed by atoms with Crippen LogP contribution in [-0.4, -0.2) is 38.6 Å². The number of carbonyl (C=O) groups excluding carboxylic acids is 1. The summed E-state index contributed by atoms with van der Waals surface area (Å²) in [6, 6.07) is 9.63. The van der Waals surface area contributed by atoms with Crippen LogP contribution in [-0.2, 0) is 11.3 Å². The number of aromatic nitrogens is 1. The molecule has 1 N–H and O–H groups in total. The number of amides is 1. The number of hydrogen-bond donors (Lipinski definition) is 1. The molecule has 1 atom stereocenters. The Hall–Kier alpha value is -3.14. The maximum Gasteiger partial charge on any atom is 0.286 e. The highest BCUT2D eigenvalue weighted by atomic mass is 35.5. The Kier molecular flexibility index (Phi) is 7.26. The number of hydrogen-bond acceptors (Lipinski definition) is 3. The smallest absolute Gasteiger partial charge is 0.286 e. The van der Waals surface area contributed by atoms with Crippen molar-refractivity contribution in [2.24, 2.45) is 5.92 Å². The summed E-state index contributed by atoms with van der Waals surface area (Å²) in [5, 5.41) is 11.5. The lowest BCUT2D eigenvalue weighted by atomic mass is 10.0. The Morgan fingerprint density at radius 3 is 2.70 bits per heavy atom. The minimum atomic E-state index is -2.86. The Bertz CT molecular complexity index is 1410. The first kappa shape index (κ1) is 24.5. The van der Waals surface area contributed by atoms with Crippen molar-refractivity contribution in [3.05, 3.63) is 63.8 Å². The number of anilines is 1. The van der Waals surface area contributed by atoms with E-state index in [1.165, 1.54) is 0 Å². The second-order valence-electron chi connectivity index (χ2n) is 7.65. The van der Waals surface area contributed by atoms with Gasteiger partial charge in [0.15, 0.2) is 5.82 Å². The third-order valence-corrected chi connectivity index (χ3v) is 9.30. The van der Waals surface area contributed by atoms with E-state index in [1.54, 1.807) is 24.3 Å². The summed E-state index contributed by atoms with van der Waals surface area (Å²) in [7, 11) is -1.85. The molecule has 172 valence electrons. The predicted molar refractivity (Wildman–Crippen MR) is 127 cm³/mol. The molecular weight excluding hydrogens is 475 g/mol. The van der Waals surface area contributed by atoms with Crippen LogP contribution in [0, 0.1) is 34.9 Å². The van der Waals surface area contributed by atoms with E-state index < -0.39 is 45.4 Å². The summed E-state index contributed by atoms with van der Waals surface area (Å²) in [6.07, 6.45) is 2.04. The Morgan fingerprint density at radius 2 is 2.03 bits per heavy atom. The number of alkyl halides is 2. The lowest BCUT2D eigenvalue weighted by Crippen LogP contribution is -2.28. The fourth-order valence-electron chi connectivity index (χ4n) is 3.37. The number of nitriles is 1. The van der Waals surface area contributed by atoms with E-state index in [0.717, 1.165) is 12.3 Å². The van der Waals surface area contributed by atoms with Crippen molar-refractivity contribution in [2.75, 3.05) is 17.8 Å². The fourth-order valence-corrected chi connectivity index (χ4v) is 5.97. The average Bonchev–Trinajstić information content (AvgIpc) is 2.99. The average molecular weight is 494 g/mol. The van der Waals surface area contributed by atoms with Crippen LogP contribution in [0.2, 0.25) is 0 Å². The summed E-state index contributed by atoms with van der Waals surface area (Å²) in [5.74, 6) is 3.84. The van der Waals surface area contributed by atoms with Crippen LogP contribution in [0.25, 0.3) is 0 Å². The number of nitrogens with zero attached hydrogens (tertiary/aromatic N) is 2. The van der Waals surface area contributed by atoms with Crippen molar-refractivity contribution in [3.63, 3.8) is 0 Å². The van der Waals surface area contributed by atoms with Gasteiger partial charge in [0.25, 0.3) is 17.9 Å². The van der Waals surface area contributed by atoms with E-state index >= 15 is 0 Å². The standard InChI is InChI=1S/C23H19ClF3N3O2S/c1-33(2)19(9-16(21(33)24)7-6-14-4-3-5-15(8-14)11-28)22(31)29-17-10-18(25)23(32)30(12-17)13-20(26)27/h3-5,8,10,12,16,20H,9,13H2,1-2H3,(H,29,31). The van der Waals surface area contributed by atoms with Crippen LogP contribution < -0.4 is 10.9 Å². The van der Waals surface area contributed by atoms with Crippen LogP contribution in [0.15, 0.2) is 41.3 Å². The van der Waals surface area contributed by atoms with E-state index in [4.69, 9.17) is 16.9 Å². The molecule has 0 saturated heterocycles. The molecule has 0 bridgehead atoms. The highest BCUT2D eigenvalue weighted by molar-refractivity contribution is 8.32. The van der Waals surface area contributed by atoms with Gasteiger partial charge in [-0.1, -0.05) is 29.5 Å². The van der Waals surface area contributed by atoms with Crippen molar-refractivity contribution < 1.29 is 18.0 Å². The third kappa shape index (κ3) is 5.44. The van der Waals surface area contributed by atoms with E-state index in [2.05, 4.69) is 17.2 Å². The van der Waals surface area contributed by atoms with Gasteiger partial charge in [0.05, 0.1) is 34.1 Å². The van der Waals surface area contributed by atoms with E-state index in [-0.39, 0.29) is 12.1 Å². The number of carbonyl (C=O) groups is 1. The molecule has 2 aromatic rings. The zero-order valence-electron chi connectivity index (χ0n) is 17.7. The van der Waals surface area contributed by atoms with Gasteiger partial charge in [-0.3, -0.25) is 9.59 Å². The zero-order chi connectivity index (χ0) is 24.3. The van der Waals surface area contributed by atoms with E-state index in [1.807, 2.05) is 18.6 Å². The zero-order valence-corrected chi connectivity index (χ0v) is 19.2. The first-order chi connectivity index (χ1) is 15.5. The van der Waals surface area contributed by atoms with Gasteiger partial charge >= 0.3 is 0 Å². The van der Waals surface area contributed by atoms with Gasteiger partial charge < -0.3 is 9.88 Å². The molecule has 1 aliphatic rings. The maximum absolute atomic E-state index is 13.9. The second kappa shape index (κ2) is 9.78. The first-order valence-corrected chi connectivity index (χ1v) is 12.5. The number of rotatable bonds is 4. The normalized spacial score (nSPS) is 16.8. The molecule has 1 amide bonds. The molecule has 0 aliphatic carbocycles. The second-order valence-corrected chi connectivity index (χ2v) is 11.9. The number of nitrogens with one attached hydrogen (secondary N) is 1. The van der Waals surface area contributed by atoms with Crippen LogP contribution in [0.3, 0.4) is 0 Å². The molecule has 33 heavy (non-hydrogen) atoms. The van der Waals surface area contributed by atoms with Crippen molar-refractivity contribution >= 4 is 41.6 Å². The lowest BCUT2D eigenvalue weighted by molar-refractivity contribution is -0.110. The van der Waals surface area contributed by atoms with Crippen molar-refractivity contribution in [2.45, 2.75) is 19.4 Å². The minimum absolute atomic E-state index is 0.112. The highest BCUT2D eigenvalue weighted by Crippen LogP contribution is 2.36. The highest BCUT2D eigenvalue weighted by Gasteiger charge is 2.29. The molecular formula is C23H19ClF3N3O2S. The van der Waals surface area contributed by atoms with Gasteiger partial charge in [-0.25, -0.2) is 13.2 Å². The van der Waals surface area contributed by atoms with Gasteiger partial charge in [-0.05, 0) is 30.7 Å². The third-order valence-electron chi connectivity index (χ3n) is 5.04. The molecule has 0 spiro atoms. The Labute approximate surface area is 194 Å². The minimum Gasteiger partial charge on any atom is -0.320 e. The monoisotopic (exact) mass is 493 g/mol. The van der Waals surface area contributed by atoms with Crippen LogP contribution in [0.4, 0.5) is 18.9 Å². The van der Waals surface area contributed by atoms with Crippen molar-refractivity contribution in [1.29, 1.82) is 5.26 Å². The lowest BCUT2D eigenvalue weighted by Gasteiger charge is -2.13. The summed E-state index contributed by atoms with van der Waals surface area (Å²) >= 11 is 6.57. The SMILES string of the molecule is CS1(C)=C(C(=O)Nc2cc(F)c(=O)n(CC(F)F)c2)CC(C#Cc2cccc(C#N)c2)C=1Cl. The molecule has 3 rings (SSSR count). The maximum atomic E-state index is 13.9. The number of halogens is 4. The molecule has 2 heterocycles. The largest absolute Gasteiger partial charge is 0.320 e. The molecule has 1 unspecified atom stereocenters. The van der Waals surface area contributed by atoms with Gasteiger partial charge in [-0.15, -0.1) is 0 Å². The van der Waals surface area contributed by atoms with Gasteiger partial charge in [0.2, 0.25) is 0 Å². The predicted octanol–water partition coefficient (Wildman–Crippen LogP) is 3.74. The van der Waals surface area contributed by atoms with E-state index in [9.17, 15) is 22.8 Å². The number of pyridine rings is 1. The summed E-state index contributed by atoms with van der Waals surface area (Å²) in [5.41, 5.74) is -0.193. The van der Waals surface area contributed by atoms with Crippen LogP contribution in [0.1, 0.15) is 17.5 Å². The summed E-state index contributed by atoms with van der Waals surface area (Å²) in [4.78, 5) is 25.1. The first-order valence-electron chi connectivity index (χ1n) is 9.65. The van der Waals surface area contributed by atoms with Crippen LogP contribution >= 0.6 is 20.8 Å². The van der Waals surface area contributed by atoms with Gasteiger partial charge in [0, 0.05) is 29.1 Å². The molecule has 0 radical (unpaired) electrons. The molecule has 0 saturated carbocycles. The molecule has 1 aromatic carbocycles. The number of benzene rings is 1.